The van der Waals surface area contributed by atoms with Gasteiger partial charge in [-0.1, -0.05) is 370 Å². The average molecular weight is 1470 g/mol. The summed E-state index contributed by atoms with van der Waals surface area (Å²) in [7, 11) is -9.92. The Bertz CT molecular complexity index is 1940. The van der Waals surface area contributed by atoms with E-state index < -0.39 is 97.5 Å². The highest BCUT2D eigenvalue weighted by molar-refractivity contribution is 7.47. The summed E-state index contributed by atoms with van der Waals surface area (Å²) in [6.45, 7) is 12.0. The minimum atomic E-state index is -4.96. The summed E-state index contributed by atoms with van der Waals surface area (Å²) in [6.07, 6.45) is 59.7. The van der Waals surface area contributed by atoms with Crippen molar-refractivity contribution >= 4 is 39.5 Å². The van der Waals surface area contributed by atoms with Crippen molar-refractivity contribution in [2.24, 2.45) is 17.8 Å². The summed E-state index contributed by atoms with van der Waals surface area (Å²) in [4.78, 5) is 73.0. The number of aliphatic hydroxyl groups excluding tert-OH is 1. The smallest absolute Gasteiger partial charge is 0.462 e. The van der Waals surface area contributed by atoms with Gasteiger partial charge in [-0.25, -0.2) is 9.13 Å². The number of aliphatic hydroxyl groups is 1. The number of hydrogen-bond donors (Lipinski definition) is 3. The van der Waals surface area contributed by atoms with Crippen LogP contribution >= 0.6 is 15.6 Å². The van der Waals surface area contributed by atoms with Crippen LogP contribution in [0.3, 0.4) is 0 Å². The first-order valence-electron chi connectivity index (χ1n) is 41.8. The third-order valence-corrected chi connectivity index (χ3v) is 20.8. The lowest BCUT2D eigenvalue weighted by atomic mass is 10.0. The second-order valence-corrected chi connectivity index (χ2v) is 33.5. The normalized spacial score (nSPS) is 14.0. The van der Waals surface area contributed by atoms with Crippen LogP contribution in [-0.4, -0.2) is 96.7 Å². The molecule has 100 heavy (non-hydrogen) atoms. The largest absolute Gasteiger partial charge is 0.472 e. The van der Waals surface area contributed by atoms with Gasteiger partial charge in [-0.05, 0) is 43.4 Å². The summed E-state index contributed by atoms with van der Waals surface area (Å²) >= 11 is 0. The van der Waals surface area contributed by atoms with Crippen LogP contribution < -0.4 is 0 Å². The first-order valence-corrected chi connectivity index (χ1v) is 44.8. The molecule has 0 bridgehead atoms. The number of phosphoric acid groups is 2. The van der Waals surface area contributed by atoms with Crippen molar-refractivity contribution in [3.05, 3.63) is 0 Å². The van der Waals surface area contributed by atoms with Crippen molar-refractivity contribution in [3.63, 3.8) is 0 Å². The van der Waals surface area contributed by atoms with Gasteiger partial charge in [-0.2, -0.15) is 0 Å². The van der Waals surface area contributed by atoms with E-state index in [0.717, 1.165) is 108 Å². The first-order chi connectivity index (χ1) is 48.2. The Morgan fingerprint density at radius 2 is 0.460 bits per heavy atom. The third-order valence-electron chi connectivity index (χ3n) is 18.9. The van der Waals surface area contributed by atoms with E-state index in [0.29, 0.717) is 25.7 Å². The molecule has 0 aliphatic rings. The van der Waals surface area contributed by atoms with E-state index in [2.05, 4.69) is 48.5 Å². The molecule has 0 aliphatic carbocycles. The van der Waals surface area contributed by atoms with Crippen molar-refractivity contribution in [1.82, 2.24) is 0 Å². The maximum absolute atomic E-state index is 13.1. The molecule has 0 amide bonds. The Balaban J connectivity index is 5.22. The van der Waals surface area contributed by atoms with Crippen LogP contribution in [0, 0.1) is 17.8 Å². The topological polar surface area (TPSA) is 237 Å². The van der Waals surface area contributed by atoms with Gasteiger partial charge in [0.05, 0.1) is 26.4 Å². The van der Waals surface area contributed by atoms with E-state index in [4.69, 9.17) is 37.0 Å². The number of carbonyl (C=O) groups is 4. The highest BCUT2D eigenvalue weighted by atomic mass is 31.2. The number of hydrogen-bond acceptors (Lipinski definition) is 15. The van der Waals surface area contributed by atoms with Crippen LogP contribution in [0.5, 0.6) is 0 Å². The van der Waals surface area contributed by atoms with Gasteiger partial charge in [0.15, 0.2) is 12.2 Å². The van der Waals surface area contributed by atoms with Crippen LogP contribution in [-0.2, 0) is 65.4 Å². The maximum Gasteiger partial charge on any atom is 0.472 e. The molecule has 594 valence electrons. The predicted molar refractivity (Wildman–Crippen MR) is 409 cm³/mol. The maximum atomic E-state index is 13.1. The van der Waals surface area contributed by atoms with Gasteiger partial charge in [-0.3, -0.25) is 37.3 Å². The van der Waals surface area contributed by atoms with Crippen LogP contribution in [0.25, 0.3) is 0 Å². The minimum Gasteiger partial charge on any atom is -0.462 e. The van der Waals surface area contributed by atoms with Crippen molar-refractivity contribution in [2.45, 2.75) is 439 Å². The molecule has 3 N–H and O–H groups in total. The molecule has 0 aliphatic heterocycles. The fourth-order valence-electron chi connectivity index (χ4n) is 12.5. The summed E-state index contributed by atoms with van der Waals surface area (Å²) in [5.74, 6) is 0.226. The molecule has 5 atom stereocenters. The van der Waals surface area contributed by atoms with Gasteiger partial charge in [0.25, 0.3) is 0 Å². The molecule has 0 rings (SSSR count). The van der Waals surface area contributed by atoms with Crippen molar-refractivity contribution in [1.29, 1.82) is 0 Å². The zero-order chi connectivity index (χ0) is 73.7. The van der Waals surface area contributed by atoms with Crippen molar-refractivity contribution in [2.75, 3.05) is 39.6 Å². The Morgan fingerprint density at radius 3 is 0.680 bits per heavy atom. The molecule has 0 saturated heterocycles. The lowest BCUT2D eigenvalue weighted by molar-refractivity contribution is -0.161. The number of esters is 4. The number of unbranched alkanes of at least 4 members (excludes halogenated alkanes) is 47. The number of ether oxygens (including phenoxy) is 4. The fraction of sp³-hybridized carbons (Fsp3) is 0.951. The standard InChI is InChI=1S/C81H158O17P2/c1-8-9-10-11-12-13-26-33-41-48-55-62-78(83)91-69-77(98-81(86)65-58-51-44-37-36-40-47-54-61-74(6)7)71-96-100(89,90)94-67-75(82)66-93-99(87,88)95-70-76(68-92-79(84)63-56-49-42-34-29-24-21-20-23-28-32-39-46-53-60-73(4)5)97-80(85)64-57-50-43-35-30-25-19-17-15-14-16-18-22-27-31-38-45-52-59-72(2)3/h72-77,82H,8-71H2,1-7H3,(H,87,88)(H,89,90)/t75-,76-,77-/m1/s1. The monoisotopic (exact) mass is 1470 g/mol. The highest BCUT2D eigenvalue weighted by Crippen LogP contribution is 2.45. The van der Waals surface area contributed by atoms with Crippen LogP contribution in [0.1, 0.15) is 421 Å². The lowest BCUT2D eigenvalue weighted by Gasteiger charge is -2.21. The predicted octanol–water partition coefficient (Wildman–Crippen LogP) is 24.1. The summed E-state index contributed by atoms with van der Waals surface area (Å²) in [5.41, 5.74) is 0. The molecule has 0 aromatic heterocycles. The Labute approximate surface area is 613 Å². The molecular weight excluding hydrogens is 1310 g/mol. The average Bonchev–Trinajstić information content (AvgIpc) is 0.913. The lowest BCUT2D eigenvalue weighted by Crippen LogP contribution is -2.30. The van der Waals surface area contributed by atoms with E-state index in [-0.39, 0.29) is 25.7 Å². The SMILES string of the molecule is CCCCCCCCCCCCCC(=O)OC[C@H](COP(=O)(O)OC[C@H](O)COP(=O)(O)OC[C@@H](COC(=O)CCCCCCCCCCCCCCCCC(C)C)OC(=O)CCCCCCCCCCCCCCCCCCCCC(C)C)OC(=O)CCCCCCCCCCC(C)C. The van der Waals surface area contributed by atoms with E-state index in [1.165, 1.54) is 231 Å². The van der Waals surface area contributed by atoms with E-state index in [1.54, 1.807) is 0 Å². The van der Waals surface area contributed by atoms with E-state index in [1.807, 2.05) is 0 Å². The molecule has 0 aromatic carbocycles. The molecule has 0 spiro atoms. The molecule has 0 fully saturated rings. The zero-order valence-corrected chi connectivity index (χ0v) is 67.5. The molecule has 0 aromatic rings. The Kier molecular flexibility index (Phi) is 69.9. The Morgan fingerprint density at radius 1 is 0.270 bits per heavy atom. The molecule has 0 heterocycles. The quantitative estimate of drug-likeness (QED) is 0.0222. The highest BCUT2D eigenvalue weighted by Gasteiger charge is 2.30. The second-order valence-electron chi connectivity index (χ2n) is 30.6. The van der Waals surface area contributed by atoms with Gasteiger partial charge in [0.2, 0.25) is 0 Å². The van der Waals surface area contributed by atoms with Gasteiger partial charge >= 0.3 is 39.5 Å². The molecule has 0 saturated carbocycles. The summed E-state index contributed by atoms with van der Waals surface area (Å²) in [5, 5.41) is 10.6. The number of carbonyl (C=O) groups excluding carboxylic acids is 4. The molecule has 19 heteroatoms. The molecule has 17 nitrogen and oxygen atoms in total. The Hall–Kier alpha value is -1.94. The van der Waals surface area contributed by atoms with Gasteiger partial charge in [-0.15, -0.1) is 0 Å². The van der Waals surface area contributed by atoms with Crippen molar-refractivity contribution in [3.8, 4) is 0 Å². The first kappa shape index (κ1) is 98.1. The van der Waals surface area contributed by atoms with E-state index in [9.17, 15) is 43.2 Å². The molecular formula is C81H158O17P2. The van der Waals surface area contributed by atoms with Gasteiger partial charge in [0, 0.05) is 25.7 Å². The summed E-state index contributed by atoms with van der Waals surface area (Å²) < 4.78 is 68.7. The third kappa shape index (κ3) is 74.3. The molecule has 2 unspecified atom stereocenters. The second kappa shape index (κ2) is 71.3. The van der Waals surface area contributed by atoms with E-state index >= 15 is 0 Å². The summed E-state index contributed by atoms with van der Waals surface area (Å²) in [6, 6.07) is 0. The van der Waals surface area contributed by atoms with Crippen LogP contribution in [0.15, 0.2) is 0 Å². The van der Waals surface area contributed by atoms with Gasteiger partial charge < -0.3 is 33.8 Å². The van der Waals surface area contributed by atoms with Gasteiger partial charge in [0.1, 0.15) is 19.3 Å². The number of phosphoric ester groups is 2. The minimum absolute atomic E-state index is 0.105. The van der Waals surface area contributed by atoms with Crippen LogP contribution in [0.4, 0.5) is 0 Å². The molecule has 0 radical (unpaired) electrons. The number of rotatable bonds is 79. The van der Waals surface area contributed by atoms with Crippen molar-refractivity contribution < 1.29 is 80.2 Å². The zero-order valence-electron chi connectivity index (χ0n) is 65.7. The van der Waals surface area contributed by atoms with Crippen LogP contribution in [0.2, 0.25) is 0 Å². The fourth-order valence-corrected chi connectivity index (χ4v) is 14.1.